The fourth-order valence-corrected chi connectivity index (χ4v) is 2.97. The summed E-state index contributed by atoms with van der Waals surface area (Å²) in [6.45, 7) is 3.85. The Kier molecular flexibility index (Phi) is 4.25. The van der Waals surface area contributed by atoms with Crippen LogP contribution in [-0.2, 0) is 17.4 Å². The molecule has 124 valence electrons. The molecule has 0 saturated carbocycles. The molecule has 8 heteroatoms. The van der Waals surface area contributed by atoms with Gasteiger partial charge in [-0.05, 0) is 18.8 Å². The molecule has 1 saturated heterocycles. The van der Waals surface area contributed by atoms with E-state index in [4.69, 9.17) is 5.73 Å². The third-order valence-electron chi connectivity index (χ3n) is 3.99. The number of likely N-dealkylation sites (tertiary alicyclic amines) is 1. The number of hydrogen-bond acceptors (Lipinski definition) is 3. The van der Waals surface area contributed by atoms with Crippen molar-refractivity contribution in [3.8, 4) is 0 Å². The third kappa shape index (κ3) is 3.11. The summed E-state index contributed by atoms with van der Waals surface area (Å²) >= 11 is 0. The number of carbonyl (C=O) groups is 1. The number of aryl methyl sites for hydroxylation is 1. The first-order valence-electron chi connectivity index (χ1n) is 7.23. The van der Waals surface area contributed by atoms with Crippen molar-refractivity contribution in [2.75, 3.05) is 13.1 Å². The van der Waals surface area contributed by atoms with Gasteiger partial charge in [0.25, 0.3) is 0 Å². The van der Waals surface area contributed by atoms with Crippen LogP contribution in [-0.4, -0.2) is 39.9 Å². The van der Waals surface area contributed by atoms with Crippen LogP contribution in [0.15, 0.2) is 6.20 Å². The normalized spacial score (nSPS) is 23.2. The predicted octanol–water partition coefficient (Wildman–Crippen LogP) is 1.88. The van der Waals surface area contributed by atoms with Crippen molar-refractivity contribution in [3.05, 3.63) is 17.5 Å². The van der Waals surface area contributed by atoms with E-state index >= 15 is 0 Å². The van der Waals surface area contributed by atoms with Crippen LogP contribution in [0.1, 0.15) is 43.9 Å². The molecule has 1 aliphatic heterocycles. The Hall–Kier alpha value is -1.57. The molecule has 1 atom stereocenters. The number of aromatic nitrogens is 2. The van der Waals surface area contributed by atoms with E-state index in [1.54, 1.807) is 17.9 Å². The van der Waals surface area contributed by atoms with E-state index in [1.165, 1.54) is 0 Å². The first-order valence-corrected chi connectivity index (χ1v) is 7.23. The molecule has 2 rings (SSSR count). The largest absolute Gasteiger partial charge is 0.471 e. The van der Waals surface area contributed by atoms with Gasteiger partial charge in [0, 0.05) is 31.9 Å². The number of amides is 1. The van der Waals surface area contributed by atoms with Gasteiger partial charge in [-0.3, -0.25) is 9.48 Å². The van der Waals surface area contributed by atoms with E-state index in [0.717, 1.165) is 16.2 Å². The van der Waals surface area contributed by atoms with Crippen LogP contribution in [0, 0.1) is 0 Å². The highest BCUT2D eigenvalue weighted by atomic mass is 19.4. The first kappa shape index (κ1) is 16.8. The number of nitrogens with two attached hydrogens (primary N) is 1. The summed E-state index contributed by atoms with van der Waals surface area (Å²) in [5, 5.41) is 4.36. The zero-order chi connectivity index (χ0) is 16.7. The average molecular weight is 318 g/mol. The van der Waals surface area contributed by atoms with Gasteiger partial charge in [-0.25, -0.2) is 0 Å². The Balaban J connectivity index is 2.32. The van der Waals surface area contributed by atoms with Crippen LogP contribution in [0.4, 0.5) is 13.2 Å². The Labute approximate surface area is 127 Å². The van der Waals surface area contributed by atoms with Crippen LogP contribution in [0.2, 0.25) is 0 Å². The van der Waals surface area contributed by atoms with Gasteiger partial charge in [-0.1, -0.05) is 13.8 Å². The minimum absolute atomic E-state index is 0.0779. The molecule has 1 unspecified atom stereocenters. The molecular formula is C14H21F3N4O. The molecule has 1 aromatic heterocycles. The molecule has 0 spiro atoms. The number of halogens is 3. The van der Waals surface area contributed by atoms with Crippen molar-refractivity contribution in [2.24, 2.45) is 12.8 Å². The van der Waals surface area contributed by atoms with Gasteiger partial charge in [0.15, 0.2) is 0 Å². The van der Waals surface area contributed by atoms with Gasteiger partial charge >= 0.3 is 12.1 Å². The summed E-state index contributed by atoms with van der Waals surface area (Å²) in [7, 11) is 1.75. The maximum absolute atomic E-state index is 12.7. The first-order chi connectivity index (χ1) is 10.0. The van der Waals surface area contributed by atoms with Crippen LogP contribution in [0.3, 0.4) is 0 Å². The van der Waals surface area contributed by atoms with Crippen LogP contribution >= 0.6 is 0 Å². The molecule has 1 fully saturated rings. The second-order valence-electron chi connectivity index (χ2n) is 6.24. The molecule has 1 aliphatic rings. The summed E-state index contributed by atoms with van der Waals surface area (Å²) in [6, 6.07) is 0. The van der Waals surface area contributed by atoms with Crippen molar-refractivity contribution in [3.63, 3.8) is 0 Å². The van der Waals surface area contributed by atoms with Crippen molar-refractivity contribution >= 4 is 5.91 Å². The minimum Gasteiger partial charge on any atom is -0.333 e. The lowest BCUT2D eigenvalue weighted by Crippen LogP contribution is -2.56. The third-order valence-corrected chi connectivity index (χ3v) is 3.99. The highest BCUT2D eigenvalue weighted by Gasteiger charge is 2.47. The van der Waals surface area contributed by atoms with E-state index in [-0.39, 0.29) is 19.0 Å². The monoisotopic (exact) mass is 318 g/mol. The van der Waals surface area contributed by atoms with E-state index in [0.29, 0.717) is 12.8 Å². The fraction of sp³-hybridized carbons (Fsp3) is 0.714. The molecule has 1 amide bonds. The number of nitrogens with zero attached hydrogens (tertiary/aromatic N) is 3. The fourth-order valence-electron chi connectivity index (χ4n) is 2.97. The Morgan fingerprint density at radius 2 is 2.09 bits per heavy atom. The van der Waals surface area contributed by atoms with Crippen molar-refractivity contribution < 1.29 is 18.0 Å². The minimum atomic E-state index is -4.87. The van der Waals surface area contributed by atoms with Crippen LogP contribution in [0.25, 0.3) is 0 Å². The second-order valence-corrected chi connectivity index (χ2v) is 6.24. The Bertz CT molecular complexity index is 567. The summed E-state index contributed by atoms with van der Waals surface area (Å²) in [4.78, 5) is 12.3. The number of rotatable bonds is 2. The van der Waals surface area contributed by atoms with Crippen molar-refractivity contribution in [1.29, 1.82) is 0 Å². The average Bonchev–Trinajstić information content (AvgIpc) is 2.80. The molecule has 0 aromatic carbocycles. The van der Waals surface area contributed by atoms with Gasteiger partial charge in [0.2, 0.25) is 0 Å². The lowest BCUT2D eigenvalue weighted by molar-refractivity contribution is -0.187. The van der Waals surface area contributed by atoms with Gasteiger partial charge in [0.05, 0.1) is 11.2 Å². The van der Waals surface area contributed by atoms with Gasteiger partial charge in [0.1, 0.15) is 0 Å². The smallest absolute Gasteiger partial charge is 0.333 e. The zero-order valence-electron chi connectivity index (χ0n) is 12.9. The zero-order valence-corrected chi connectivity index (χ0v) is 12.9. The topological polar surface area (TPSA) is 64.2 Å². The van der Waals surface area contributed by atoms with E-state index < -0.39 is 17.6 Å². The van der Waals surface area contributed by atoms with Crippen molar-refractivity contribution in [2.45, 2.75) is 44.3 Å². The predicted molar refractivity (Wildman–Crippen MR) is 75.0 cm³/mol. The molecule has 2 N–H and O–H groups in total. The molecule has 0 aliphatic carbocycles. The Morgan fingerprint density at radius 1 is 1.45 bits per heavy atom. The second kappa shape index (κ2) is 5.57. The molecule has 0 radical (unpaired) electrons. The number of carbonyl (C=O) groups excluding carboxylic acids is 1. The maximum atomic E-state index is 12.7. The molecule has 1 aromatic rings. The van der Waals surface area contributed by atoms with Gasteiger partial charge in [-0.2, -0.15) is 18.3 Å². The lowest BCUT2D eigenvalue weighted by Gasteiger charge is -2.40. The molecule has 0 bridgehead atoms. The summed E-state index contributed by atoms with van der Waals surface area (Å²) in [6.07, 6.45) is -2.16. The quantitative estimate of drug-likeness (QED) is 0.905. The maximum Gasteiger partial charge on any atom is 0.471 e. The molecular weight excluding hydrogens is 297 g/mol. The highest BCUT2D eigenvalue weighted by Crippen LogP contribution is 2.35. The summed E-state index contributed by atoms with van der Waals surface area (Å²) in [5.41, 5.74) is 6.89. The SMILES string of the molecule is CC(C)c1nn(C)cc1C1(N)CCCN(C(=O)C(F)(F)F)C1. The number of piperidine rings is 1. The number of alkyl halides is 3. The van der Waals surface area contributed by atoms with E-state index in [2.05, 4.69) is 5.10 Å². The van der Waals surface area contributed by atoms with Crippen LogP contribution in [0.5, 0.6) is 0 Å². The van der Waals surface area contributed by atoms with Crippen LogP contribution < -0.4 is 5.73 Å². The summed E-state index contributed by atoms with van der Waals surface area (Å²) in [5.74, 6) is -1.72. The molecule has 5 nitrogen and oxygen atoms in total. The molecule has 22 heavy (non-hydrogen) atoms. The van der Waals surface area contributed by atoms with Gasteiger partial charge in [-0.15, -0.1) is 0 Å². The Morgan fingerprint density at radius 3 is 2.64 bits per heavy atom. The lowest BCUT2D eigenvalue weighted by atomic mass is 9.81. The van der Waals surface area contributed by atoms with Gasteiger partial charge < -0.3 is 10.6 Å². The highest BCUT2D eigenvalue weighted by molar-refractivity contribution is 5.82. The standard InChI is InChI=1S/C14H21F3N4O/c1-9(2)11-10(7-20(3)19-11)13(18)5-4-6-21(8-13)12(22)14(15,16)17/h7,9H,4-6,8,18H2,1-3H3. The molecule has 2 heterocycles. The van der Waals surface area contributed by atoms with Crippen molar-refractivity contribution in [1.82, 2.24) is 14.7 Å². The summed E-state index contributed by atoms with van der Waals surface area (Å²) < 4.78 is 39.6. The van der Waals surface area contributed by atoms with E-state index in [9.17, 15) is 18.0 Å². The van der Waals surface area contributed by atoms with E-state index in [1.807, 2.05) is 13.8 Å². The number of hydrogen-bond donors (Lipinski definition) is 1.